The predicted molar refractivity (Wildman–Crippen MR) is 90.9 cm³/mol. The van der Waals surface area contributed by atoms with Gasteiger partial charge >= 0.3 is 0 Å². The highest BCUT2D eigenvalue weighted by Crippen LogP contribution is 2.20. The first-order valence-electron chi connectivity index (χ1n) is 7.42. The fraction of sp³-hybridized carbons (Fsp3) is 0.263. The number of hydrogen-bond donors (Lipinski definition) is 1. The van der Waals surface area contributed by atoms with Gasteiger partial charge in [-0.2, -0.15) is 0 Å². The molecule has 120 valence electrons. The zero-order chi connectivity index (χ0) is 17.0. The Morgan fingerprint density at radius 2 is 1.65 bits per heavy atom. The van der Waals surface area contributed by atoms with Crippen LogP contribution in [-0.4, -0.2) is 23.8 Å². The standard InChI is InChI=1S/C19H21NO3/c1-12-9-13(2)19(14(3)10-12)18(21)11-17(20-22)15-5-7-16(23-4)8-6-15/h5-10,22H,11H2,1-4H3/b20-17+. The smallest absolute Gasteiger partial charge is 0.169 e. The summed E-state index contributed by atoms with van der Waals surface area (Å²) < 4.78 is 5.11. The quantitative estimate of drug-likeness (QED) is 0.392. The van der Waals surface area contributed by atoms with E-state index >= 15 is 0 Å². The van der Waals surface area contributed by atoms with Crippen molar-refractivity contribution < 1.29 is 14.7 Å². The molecule has 0 unspecified atom stereocenters. The monoisotopic (exact) mass is 311 g/mol. The van der Waals surface area contributed by atoms with Gasteiger partial charge in [-0.3, -0.25) is 4.79 Å². The number of methoxy groups -OCH3 is 1. The molecule has 0 bridgehead atoms. The highest BCUT2D eigenvalue weighted by Gasteiger charge is 2.17. The number of Topliss-reactive ketones (excluding diaryl/α,β-unsaturated/α-hetero) is 1. The van der Waals surface area contributed by atoms with E-state index in [1.165, 1.54) is 0 Å². The molecule has 2 aromatic carbocycles. The lowest BCUT2D eigenvalue weighted by Gasteiger charge is -2.11. The van der Waals surface area contributed by atoms with E-state index in [1.54, 1.807) is 31.4 Å². The minimum absolute atomic E-state index is 0.0492. The van der Waals surface area contributed by atoms with Crippen LogP contribution in [0.3, 0.4) is 0 Å². The van der Waals surface area contributed by atoms with Crippen molar-refractivity contribution in [2.24, 2.45) is 5.16 Å². The topological polar surface area (TPSA) is 58.9 Å². The minimum Gasteiger partial charge on any atom is -0.497 e. The van der Waals surface area contributed by atoms with Crippen molar-refractivity contribution in [2.75, 3.05) is 7.11 Å². The largest absolute Gasteiger partial charge is 0.497 e. The fourth-order valence-corrected chi connectivity index (χ4v) is 2.84. The minimum atomic E-state index is -0.0522. The molecule has 4 nitrogen and oxygen atoms in total. The van der Waals surface area contributed by atoms with Crippen molar-refractivity contribution in [2.45, 2.75) is 27.2 Å². The summed E-state index contributed by atoms with van der Waals surface area (Å²) in [5.41, 5.74) is 4.76. The number of ether oxygens (including phenoxy) is 1. The van der Waals surface area contributed by atoms with Gasteiger partial charge in [0.25, 0.3) is 0 Å². The molecule has 0 atom stereocenters. The van der Waals surface area contributed by atoms with Gasteiger partial charge < -0.3 is 9.94 Å². The second kappa shape index (κ2) is 7.09. The number of hydrogen-bond acceptors (Lipinski definition) is 4. The van der Waals surface area contributed by atoms with Gasteiger partial charge in [0.05, 0.1) is 19.2 Å². The van der Waals surface area contributed by atoms with Crippen LogP contribution in [0.15, 0.2) is 41.6 Å². The number of oxime groups is 1. The average molecular weight is 311 g/mol. The predicted octanol–water partition coefficient (Wildman–Crippen LogP) is 4.07. The van der Waals surface area contributed by atoms with Crippen LogP contribution in [0.5, 0.6) is 5.75 Å². The molecule has 0 aliphatic rings. The Balaban J connectivity index is 2.27. The third kappa shape index (κ3) is 3.77. The Morgan fingerprint density at radius 1 is 1.09 bits per heavy atom. The summed E-state index contributed by atoms with van der Waals surface area (Å²) in [5, 5.41) is 12.6. The van der Waals surface area contributed by atoms with E-state index in [0.29, 0.717) is 22.6 Å². The van der Waals surface area contributed by atoms with Gasteiger partial charge in [-0.15, -0.1) is 0 Å². The van der Waals surface area contributed by atoms with E-state index in [4.69, 9.17) is 4.74 Å². The molecule has 2 rings (SSSR count). The van der Waals surface area contributed by atoms with E-state index in [-0.39, 0.29) is 12.2 Å². The number of ketones is 1. The lowest BCUT2D eigenvalue weighted by atomic mass is 9.93. The number of nitrogens with zero attached hydrogens (tertiary/aromatic N) is 1. The van der Waals surface area contributed by atoms with Gasteiger partial charge in [-0.1, -0.05) is 22.9 Å². The molecule has 1 N–H and O–H groups in total. The summed E-state index contributed by atoms with van der Waals surface area (Å²) in [6.07, 6.45) is 0.0492. The Kier molecular flexibility index (Phi) is 5.16. The number of carbonyl (C=O) groups excluding carboxylic acids is 1. The summed E-state index contributed by atoms with van der Waals surface area (Å²) in [7, 11) is 1.59. The van der Waals surface area contributed by atoms with Crippen LogP contribution in [0.2, 0.25) is 0 Å². The normalized spacial score (nSPS) is 11.4. The lowest BCUT2D eigenvalue weighted by molar-refractivity contribution is 0.0998. The van der Waals surface area contributed by atoms with Gasteiger partial charge in [0.1, 0.15) is 5.75 Å². The van der Waals surface area contributed by atoms with Gasteiger partial charge in [-0.05, 0) is 56.2 Å². The van der Waals surface area contributed by atoms with Crippen LogP contribution in [0.1, 0.15) is 39.0 Å². The van der Waals surface area contributed by atoms with Crippen molar-refractivity contribution in [3.63, 3.8) is 0 Å². The van der Waals surface area contributed by atoms with Crippen LogP contribution < -0.4 is 4.74 Å². The molecule has 0 aliphatic carbocycles. The maximum absolute atomic E-state index is 12.6. The van der Waals surface area contributed by atoms with Gasteiger partial charge in [0.2, 0.25) is 0 Å². The molecule has 0 aliphatic heterocycles. The van der Waals surface area contributed by atoms with E-state index < -0.39 is 0 Å². The third-order valence-electron chi connectivity index (χ3n) is 3.83. The molecular formula is C19H21NO3. The molecular weight excluding hydrogens is 290 g/mol. The molecule has 0 radical (unpaired) electrons. The summed E-state index contributed by atoms with van der Waals surface area (Å²) >= 11 is 0. The Labute approximate surface area is 136 Å². The van der Waals surface area contributed by atoms with E-state index in [1.807, 2.05) is 32.9 Å². The van der Waals surface area contributed by atoms with Crippen LogP contribution in [0, 0.1) is 20.8 Å². The second-order valence-electron chi connectivity index (χ2n) is 5.65. The third-order valence-corrected chi connectivity index (χ3v) is 3.83. The highest BCUT2D eigenvalue weighted by atomic mass is 16.5. The molecule has 2 aromatic rings. The molecule has 4 heteroatoms. The molecule has 23 heavy (non-hydrogen) atoms. The van der Waals surface area contributed by atoms with Crippen molar-refractivity contribution in [1.29, 1.82) is 0 Å². The molecule has 0 fully saturated rings. The number of carbonyl (C=O) groups is 1. The molecule has 0 saturated carbocycles. The van der Waals surface area contributed by atoms with Crippen molar-refractivity contribution in [1.82, 2.24) is 0 Å². The summed E-state index contributed by atoms with van der Waals surface area (Å²) in [6, 6.07) is 11.1. The number of rotatable bonds is 5. The summed E-state index contributed by atoms with van der Waals surface area (Å²) in [5.74, 6) is 0.659. The summed E-state index contributed by atoms with van der Waals surface area (Å²) in [4.78, 5) is 12.6. The Hall–Kier alpha value is -2.62. The first kappa shape index (κ1) is 16.7. The van der Waals surface area contributed by atoms with E-state index in [2.05, 4.69) is 5.16 Å². The SMILES string of the molecule is COc1ccc(/C(CC(=O)c2c(C)cc(C)cc2C)=N/O)cc1. The molecule has 0 spiro atoms. The Bertz CT molecular complexity index is 723. The first-order valence-corrected chi connectivity index (χ1v) is 7.42. The van der Waals surface area contributed by atoms with Gasteiger partial charge in [-0.25, -0.2) is 0 Å². The molecule has 0 amide bonds. The van der Waals surface area contributed by atoms with Crippen molar-refractivity contribution >= 4 is 11.5 Å². The van der Waals surface area contributed by atoms with Crippen molar-refractivity contribution in [3.05, 3.63) is 64.2 Å². The number of benzene rings is 2. The van der Waals surface area contributed by atoms with E-state index in [0.717, 1.165) is 16.7 Å². The number of aryl methyl sites for hydroxylation is 3. The van der Waals surface area contributed by atoms with Gasteiger partial charge in [0, 0.05) is 11.1 Å². The Morgan fingerprint density at radius 3 is 2.13 bits per heavy atom. The molecule has 0 aromatic heterocycles. The molecule has 0 saturated heterocycles. The highest BCUT2D eigenvalue weighted by molar-refractivity contribution is 6.16. The van der Waals surface area contributed by atoms with Crippen LogP contribution in [0.4, 0.5) is 0 Å². The first-order chi connectivity index (χ1) is 11.0. The zero-order valence-corrected chi connectivity index (χ0v) is 13.9. The maximum Gasteiger partial charge on any atom is 0.169 e. The van der Waals surface area contributed by atoms with Crippen LogP contribution in [0.25, 0.3) is 0 Å². The maximum atomic E-state index is 12.6. The van der Waals surface area contributed by atoms with Crippen molar-refractivity contribution in [3.8, 4) is 5.75 Å². The van der Waals surface area contributed by atoms with E-state index in [9.17, 15) is 10.0 Å². The zero-order valence-electron chi connectivity index (χ0n) is 13.9. The molecule has 0 heterocycles. The summed E-state index contributed by atoms with van der Waals surface area (Å²) in [6.45, 7) is 5.86. The second-order valence-corrected chi connectivity index (χ2v) is 5.65. The van der Waals surface area contributed by atoms with Gasteiger partial charge in [0.15, 0.2) is 5.78 Å². The average Bonchev–Trinajstić information content (AvgIpc) is 2.51. The van der Waals surface area contributed by atoms with Crippen LogP contribution >= 0.6 is 0 Å². The van der Waals surface area contributed by atoms with Crippen LogP contribution in [-0.2, 0) is 0 Å². The fourth-order valence-electron chi connectivity index (χ4n) is 2.84. The lowest BCUT2D eigenvalue weighted by Crippen LogP contribution is -2.12.